The molecular weight excluding hydrogens is 322 g/mol. The predicted molar refractivity (Wildman–Crippen MR) is 107 cm³/mol. The van der Waals surface area contributed by atoms with Crippen LogP contribution in [0, 0.1) is 0 Å². The van der Waals surface area contributed by atoms with Gasteiger partial charge >= 0.3 is 0 Å². The number of hydrogen-bond donors (Lipinski definition) is 1. The van der Waals surface area contributed by atoms with Crippen molar-refractivity contribution < 1.29 is 4.79 Å². The summed E-state index contributed by atoms with van der Waals surface area (Å²) in [5.74, 6) is -0.208. The maximum Gasteiger partial charge on any atom is 0.274 e. The van der Waals surface area contributed by atoms with E-state index in [2.05, 4.69) is 41.2 Å². The molecular formula is C22H23N3O. The molecule has 4 heteroatoms. The molecule has 0 atom stereocenters. The zero-order valence-corrected chi connectivity index (χ0v) is 15.1. The van der Waals surface area contributed by atoms with Gasteiger partial charge in [0.1, 0.15) is 5.69 Å². The highest BCUT2D eigenvalue weighted by Crippen LogP contribution is 2.25. The summed E-state index contributed by atoms with van der Waals surface area (Å²) in [4.78, 5) is 19.0. The highest BCUT2D eigenvalue weighted by Gasteiger charge is 2.12. The van der Waals surface area contributed by atoms with Crippen LogP contribution in [0.4, 0.5) is 17.1 Å². The molecule has 3 rings (SSSR count). The van der Waals surface area contributed by atoms with Crippen molar-refractivity contribution in [3.05, 3.63) is 84.2 Å². The molecule has 26 heavy (non-hydrogen) atoms. The first-order chi connectivity index (χ1) is 12.7. The Morgan fingerprint density at radius 3 is 2.35 bits per heavy atom. The third kappa shape index (κ3) is 4.09. The number of anilines is 3. The van der Waals surface area contributed by atoms with Gasteiger partial charge in [0.25, 0.3) is 5.91 Å². The summed E-state index contributed by atoms with van der Waals surface area (Å²) in [6.07, 6.45) is 2.65. The molecule has 0 saturated carbocycles. The van der Waals surface area contributed by atoms with Gasteiger partial charge in [-0.15, -0.1) is 0 Å². The average molecular weight is 345 g/mol. The fourth-order valence-corrected chi connectivity index (χ4v) is 2.85. The number of carbonyl (C=O) groups excluding carboxylic acids is 1. The van der Waals surface area contributed by atoms with Gasteiger partial charge in [0, 0.05) is 29.8 Å². The van der Waals surface area contributed by atoms with Crippen molar-refractivity contribution in [1.82, 2.24) is 4.98 Å². The molecule has 132 valence electrons. The topological polar surface area (TPSA) is 45.2 Å². The minimum Gasteiger partial charge on any atom is -0.342 e. The Kier molecular flexibility index (Phi) is 5.64. The number of para-hydroxylation sites is 1. The molecule has 0 bridgehead atoms. The van der Waals surface area contributed by atoms with Crippen LogP contribution in [0.25, 0.3) is 0 Å². The van der Waals surface area contributed by atoms with Crippen molar-refractivity contribution >= 4 is 23.0 Å². The number of aryl methyl sites for hydroxylation is 1. The van der Waals surface area contributed by atoms with Crippen LogP contribution in [0.3, 0.4) is 0 Å². The summed E-state index contributed by atoms with van der Waals surface area (Å²) in [5.41, 5.74) is 4.44. The van der Waals surface area contributed by atoms with Crippen LogP contribution >= 0.6 is 0 Å². The van der Waals surface area contributed by atoms with Crippen molar-refractivity contribution in [2.75, 3.05) is 16.8 Å². The van der Waals surface area contributed by atoms with Crippen LogP contribution in [0.1, 0.15) is 29.9 Å². The molecule has 0 aliphatic carbocycles. The number of nitrogens with one attached hydrogen (secondary N) is 1. The van der Waals surface area contributed by atoms with E-state index in [0.717, 1.165) is 30.0 Å². The number of aromatic nitrogens is 1. The number of amides is 1. The first-order valence-electron chi connectivity index (χ1n) is 8.90. The van der Waals surface area contributed by atoms with E-state index in [0.29, 0.717) is 5.69 Å². The van der Waals surface area contributed by atoms with E-state index < -0.39 is 0 Å². The second-order valence-electron chi connectivity index (χ2n) is 5.98. The van der Waals surface area contributed by atoms with Crippen LogP contribution in [-0.4, -0.2) is 17.4 Å². The fourth-order valence-electron chi connectivity index (χ4n) is 2.85. The number of nitrogens with zero attached hydrogens (tertiary/aromatic N) is 2. The quantitative estimate of drug-likeness (QED) is 0.679. The van der Waals surface area contributed by atoms with E-state index in [-0.39, 0.29) is 5.91 Å². The van der Waals surface area contributed by atoms with E-state index in [4.69, 9.17) is 0 Å². The molecule has 0 aliphatic heterocycles. The Hall–Kier alpha value is -3.14. The lowest BCUT2D eigenvalue weighted by atomic mass is 10.1. The van der Waals surface area contributed by atoms with E-state index >= 15 is 0 Å². The SMILES string of the molecule is CCc1ccc(NC(=O)c2cc(N(CC)c3ccccc3)ccn2)cc1. The van der Waals surface area contributed by atoms with Gasteiger partial charge in [-0.3, -0.25) is 9.78 Å². The lowest BCUT2D eigenvalue weighted by molar-refractivity contribution is 0.102. The zero-order valence-electron chi connectivity index (χ0n) is 15.1. The maximum absolute atomic E-state index is 12.6. The molecule has 0 radical (unpaired) electrons. The number of rotatable bonds is 6. The van der Waals surface area contributed by atoms with Crippen LogP contribution < -0.4 is 10.2 Å². The Balaban J connectivity index is 1.80. The smallest absolute Gasteiger partial charge is 0.274 e. The second-order valence-corrected chi connectivity index (χ2v) is 5.98. The first-order valence-corrected chi connectivity index (χ1v) is 8.90. The Morgan fingerprint density at radius 1 is 0.962 bits per heavy atom. The van der Waals surface area contributed by atoms with Crippen molar-refractivity contribution in [1.29, 1.82) is 0 Å². The van der Waals surface area contributed by atoms with E-state index in [1.165, 1.54) is 5.56 Å². The number of benzene rings is 2. The third-order valence-electron chi connectivity index (χ3n) is 4.29. The number of carbonyl (C=O) groups is 1. The van der Waals surface area contributed by atoms with Gasteiger partial charge in [-0.1, -0.05) is 37.3 Å². The largest absolute Gasteiger partial charge is 0.342 e. The molecule has 1 heterocycles. The second kappa shape index (κ2) is 8.30. The monoisotopic (exact) mass is 345 g/mol. The summed E-state index contributed by atoms with van der Waals surface area (Å²) in [7, 11) is 0. The van der Waals surface area contributed by atoms with Crippen molar-refractivity contribution in [3.63, 3.8) is 0 Å². The lowest BCUT2D eigenvalue weighted by Gasteiger charge is -2.23. The van der Waals surface area contributed by atoms with Crippen LogP contribution in [0.5, 0.6) is 0 Å². The fraction of sp³-hybridized carbons (Fsp3) is 0.182. The Morgan fingerprint density at radius 2 is 1.69 bits per heavy atom. The predicted octanol–water partition coefficient (Wildman–Crippen LogP) is 5.05. The molecule has 2 aromatic carbocycles. The van der Waals surface area contributed by atoms with Gasteiger partial charge in [-0.25, -0.2) is 0 Å². The standard InChI is InChI=1S/C22H23N3O/c1-3-17-10-12-18(13-11-17)24-22(26)21-16-20(14-15-23-21)25(4-2)19-8-6-5-7-9-19/h5-16H,3-4H2,1-2H3,(H,24,26). The molecule has 0 unspecified atom stereocenters. The van der Waals surface area contributed by atoms with Crippen molar-refractivity contribution in [3.8, 4) is 0 Å². The van der Waals surface area contributed by atoms with Crippen molar-refractivity contribution in [2.45, 2.75) is 20.3 Å². The maximum atomic E-state index is 12.6. The van der Waals surface area contributed by atoms with Gasteiger partial charge in [0.05, 0.1) is 0 Å². The molecule has 0 saturated heterocycles. The minimum atomic E-state index is -0.208. The zero-order chi connectivity index (χ0) is 18.4. The van der Waals surface area contributed by atoms with Crippen LogP contribution in [0.2, 0.25) is 0 Å². The van der Waals surface area contributed by atoms with Crippen LogP contribution in [-0.2, 0) is 6.42 Å². The number of hydrogen-bond acceptors (Lipinski definition) is 3. The average Bonchev–Trinajstić information content (AvgIpc) is 2.70. The highest BCUT2D eigenvalue weighted by atomic mass is 16.1. The summed E-state index contributed by atoms with van der Waals surface area (Å²) in [6, 6.07) is 21.7. The van der Waals surface area contributed by atoms with Crippen molar-refractivity contribution in [2.24, 2.45) is 0 Å². The van der Waals surface area contributed by atoms with Crippen LogP contribution in [0.15, 0.2) is 72.9 Å². The molecule has 3 aromatic rings. The highest BCUT2D eigenvalue weighted by molar-refractivity contribution is 6.03. The van der Waals surface area contributed by atoms with Gasteiger partial charge in [-0.05, 0) is 55.3 Å². The number of pyridine rings is 1. The molecule has 4 nitrogen and oxygen atoms in total. The molecule has 1 aromatic heterocycles. The normalized spacial score (nSPS) is 10.4. The summed E-state index contributed by atoms with van der Waals surface area (Å²) in [6.45, 7) is 4.99. The Bertz CT molecular complexity index is 860. The van der Waals surface area contributed by atoms with Gasteiger partial charge < -0.3 is 10.2 Å². The first kappa shape index (κ1) is 17.7. The van der Waals surface area contributed by atoms with E-state index in [1.54, 1.807) is 6.20 Å². The summed E-state index contributed by atoms with van der Waals surface area (Å²) < 4.78 is 0. The van der Waals surface area contributed by atoms with E-state index in [9.17, 15) is 4.79 Å². The molecule has 0 aliphatic rings. The molecule has 1 N–H and O–H groups in total. The van der Waals surface area contributed by atoms with Gasteiger partial charge in [0.15, 0.2) is 0 Å². The third-order valence-corrected chi connectivity index (χ3v) is 4.29. The minimum absolute atomic E-state index is 0.208. The molecule has 1 amide bonds. The summed E-state index contributed by atoms with van der Waals surface area (Å²) >= 11 is 0. The lowest BCUT2D eigenvalue weighted by Crippen LogP contribution is -2.18. The Labute approximate surface area is 154 Å². The molecule has 0 spiro atoms. The van der Waals surface area contributed by atoms with Gasteiger partial charge in [0.2, 0.25) is 0 Å². The van der Waals surface area contributed by atoms with E-state index in [1.807, 2.05) is 54.6 Å². The molecule has 0 fully saturated rings. The van der Waals surface area contributed by atoms with Gasteiger partial charge in [-0.2, -0.15) is 0 Å². The summed E-state index contributed by atoms with van der Waals surface area (Å²) in [5, 5.41) is 2.91.